The number of hydrogen-bond acceptors (Lipinski definition) is 6. The number of nitrogens with zero attached hydrogens (tertiary/aromatic N) is 5. The van der Waals surface area contributed by atoms with Crippen molar-refractivity contribution in [2.45, 2.75) is 6.92 Å². The van der Waals surface area contributed by atoms with Crippen LogP contribution in [0.25, 0.3) is 0 Å². The van der Waals surface area contributed by atoms with Gasteiger partial charge in [-0.05, 0) is 21.0 Å². The molecule has 1 aliphatic rings. The smallest absolute Gasteiger partial charge is 0.134 e. The van der Waals surface area contributed by atoms with Gasteiger partial charge in [0.2, 0.25) is 0 Å². The maximum atomic E-state index is 4.55. The lowest BCUT2D eigenvalue weighted by Gasteiger charge is -2.36. The molecule has 0 spiro atoms. The summed E-state index contributed by atoms with van der Waals surface area (Å²) in [6.45, 7) is 8.48. The third-order valence-electron chi connectivity index (χ3n) is 3.64. The molecule has 1 fully saturated rings. The number of nitrogens with one attached hydrogen (secondary N) is 1. The molecule has 0 unspecified atom stereocenters. The quantitative estimate of drug-likeness (QED) is 0.847. The van der Waals surface area contributed by atoms with Gasteiger partial charge in [-0.15, -0.1) is 0 Å². The number of rotatable bonds is 5. The van der Waals surface area contributed by atoms with E-state index in [9.17, 15) is 0 Å². The Hall–Kier alpha value is -1.40. The predicted molar refractivity (Wildman–Crippen MR) is 83.5 cm³/mol. The third-order valence-corrected chi connectivity index (χ3v) is 3.64. The van der Waals surface area contributed by atoms with Crippen LogP contribution in [0.1, 0.15) is 5.82 Å². The van der Waals surface area contributed by atoms with Crippen molar-refractivity contribution in [2.24, 2.45) is 0 Å². The summed E-state index contributed by atoms with van der Waals surface area (Å²) in [6, 6.07) is 2.03. The van der Waals surface area contributed by atoms with Crippen molar-refractivity contribution in [3.8, 4) is 0 Å². The van der Waals surface area contributed by atoms with E-state index in [1.165, 1.54) is 0 Å². The van der Waals surface area contributed by atoms with Crippen LogP contribution in [-0.4, -0.2) is 80.2 Å². The van der Waals surface area contributed by atoms with E-state index in [1.807, 2.05) is 20.0 Å². The zero-order chi connectivity index (χ0) is 14.5. The Balaban J connectivity index is 1.91. The summed E-state index contributed by atoms with van der Waals surface area (Å²) in [7, 11) is 6.14. The minimum Gasteiger partial charge on any atom is -0.373 e. The van der Waals surface area contributed by atoms with Crippen LogP contribution in [0.4, 0.5) is 11.6 Å². The highest BCUT2D eigenvalue weighted by Crippen LogP contribution is 2.17. The van der Waals surface area contributed by atoms with Gasteiger partial charge in [0.05, 0.1) is 0 Å². The second-order valence-electron chi connectivity index (χ2n) is 5.54. The molecule has 20 heavy (non-hydrogen) atoms. The Morgan fingerprint density at radius 1 is 1.20 bits per heavy atom. The average Bonchev–Trinajstić information content (AvgIpc) is 2.45. The summed E-state index contributed by atoms with van der Waals surface area (Å²) in [5.74, 6) is 2.75. The number of piperazine rings is 1. The second kappa shape index (κ2) is 6.85. The monoisotopic (exact) mass is 278 g/mol. The van der Waals surface area contributed by atoms with Crippen LogP contribution in [0.5, 0.6) is 0 Å². The van der Waals surface area contributed by atoms with Gasteiger partial charge in [-0.3, -0.25) is 4.90 Å². The highest BCUT2D eigenvalue weighted by Gasteiger charge is 2.18. The molecule has 1 aromatic heterocycles. The Morgan fingerprint density at radius 2 is 1.90 bits per heavy atom. The fourth-order valence-corrected chi connectivity index (χ4v) is 2.38. The Kier molecular flexibility index (Phi) is 5.14. The van der Waals surface area contributed by atoms with E-state index in [4.69, 9.17) is 0 Å². The minimum atomic E-state index is 0.821. The van der Waals surface area contributed by atoms with Gasteiger partial charge in [0.25, 0.3) is 0 Å². The summed E-state index contributed by atoms with van der Waals surface area (Å²) >= 11 is 0. The first-order valence-corrected chi connectivity index (χ1v) is 7.24. The van der Waals surface area contributed by atoms with Crippen LogP contribution in [-0.2, 0) is 0 Å². The van der Waals surface area contributed by atoms with Gasteiger partial charge in [0.1, 0.15) is 17.5 Å². The van der Waals surface area contributed by atoms with Crippen molar-refractivity contribution in [1.82, 2.24) is 19.8 Å². The summed E-state index contributed by atoms with van der Waals surface area (Å²) in [5.41, 5.74) is 0. The van der Waals surface area contributed by atoms with Gasteiger partial charge >= 0.3 is 0 Å². The van der Waals surface area contributed by atoms with E-state index in [2.05, 4.69) is 44.1 Å². The molecule has 0 saturated carbocycles. The second-order valence-corrected chi connectivity index (χ2v) is 5.54. The molecule has 0 bridgehead atoms. The maximum Gasteiger partial charge on any atom is 0.134 e. The van der Waals surface area contributed by atoms with E-state index in [0.29, 0.717) is 0 Å². The first-order valence-electron chi connectivity index (χ1n) is 7.24. The molecule has 6 heteroatoms. The van der Waals surface area contributed by atoms with Gasteiger partial charge in [0, 0.05) is 52.4 Å². The van der Waals surface area contributed by atoms with Crippen molar-refractivity contribution in [2.75, 3.05) is 70.6 Å². The van der Waals surface area contributed by atoms with Gasteiger partial charge in [0.15, 0.2) is 0 Å². The topological polar surface area (TPSA) is 47.5 Å². The number of aromatic nitrogens is 2. The highest BCUT2D eigenvalue weighted by molar-refractivity contribution is 5.49. The molecular formula is C14H26N6. The molecule has 0 amide bonds. The normalized spacial score (nSPS) is 16.8. The number of anilines is 2. The van der Waals surface area contributed by atoms with Crippen molar-refractivity contribution < 1.29 is 0 Å². The van der Waals surface area contributed by atoms with Gasteiger partial charge in [-0.1, -0.05) is 0 Å². The van der Waals surface area contributed by atoms with Gasteiger partial charge in [-0.25, -0.2) is 9.97 Å². The molecule has 112 valence electrons. The average molecular weight is 278 g/mol. The summed E-state index contributed by atoms with van der Waals surface area (Å²) < 4.78 is 0. The van der Waals surface area contributed by atoms with Crippen molar-refractivity contribution in [3.63, 3.8) is 0 Å². The van der Waals surface area contributed by atoms with Gasteiger partial charge in [-0.2, -0.15) is 0 Å². The SMILES string of the molecule is CNc1cc(N2CCN(CCN(C)C)CC2)nc(C)n1. The molecule has 1 aliphatic heterocycles. The molecule has 0 aromatic carbocycles. The van der Waals surface area contributed by atoms with E-state index >= 15 is 0 Å². The first kappa shape index (κ1) is 15.0. The van der Waals surface area contributed by atoms with Crippen LogP contribution in [0.15, 0.2) is 6.07 Å². The summed E-state index contributed by atoms with van der Waals surface area (Å²) in [4.78, 5) is 16.0. The van der Waals surface area contributed by atoms with Crippen molar-refractivity contribution in [3.05, 3.63) is 11.9 Å². The Labute approximate surface area is 121 Å². The molecule has 1 N–H and O–H groups in total. The van der Waals surface area contributed by atoms with E-state index in [-0.39, 0.29) is 0 Å². The molecule has 2 heterocycles. The molecule has 0 radical (unpaired) electrons. The van der Waals surface area contributed by atoms with Crippen LogP contribution in [0, 0.1) is 6.92 Å². The van der Waals surface area contributed by atoms with Crippen LogP contribution in [0.3, 0.4) is 0 Å². The van der Waals surface area contributed by atoms with Crippen molar-refractivity contribution >= 4 is 11.6 Å². The fraction of sp³-hybridized carbons (Fsp3) is 0.714. The summed E-state index contributed by atoms with van der Waals surface area (Å²) in [5, 5.41) is 3.10. The predicted octanol–water partition coefficient (Wildman–Crippen LogP) is 0.510. The molecular weight excluding hydrogens is 252 g/mol. The molecule has 1 saturated heterocycles. The lowest BCUT2D eigenvalue weighted by molar-refractivity contribution is 0.229. The highest BCUT2D eigenvalue weighted by atomic mass is 15.3. The van der Waals surface area contributed by atoms with Crippen LogP contribution >= 0.6 is 0 Å². The number of likely N-dealkylation sites (N-methyl/N-ethyl adjacent to an activating group) is 1. The largest absolute Gasteiger partial charge is 0.373 e. The Bertz CT molecular complexity index is 426. The maximum absolute atomic E-state index is 4.55. The van der Waals surface area contributed by atoms with Crippen LogP contribution < -0.4 is 10.2 Å². The van der Waals surface area contributed by atoms with Crippen molar-refractivity contribution in [1.29, 1.82) is 0 Å². The minimum absolute atomic E-state index is 0.821. The molecule has 0 atom stereocenters. The molecule has 0 aliphatic carbocycles. The first-order chi connectivity index (χ1) is 9.58. The van der Waals surface area contributed by atoms with Crippen LogP contribution in [0.2, 0.25) is 0 Å². The summed E-state index contributed by atoms with van der Waals surface area (Å²) in [6.07, 6.45) is 0. The Morgan fingerprint density at radius 3 is 2.50 bits per heavy atom. The lowest BCUT2D eigenvalue weighted by Crippen LogP contribution is -2.48. The van der Waals surface area contributed by atoms with E-state index < -0.39 is 0 Å². The van der Waals surface area contributed by atoms with Gasteiger partial charge < -0.3 is 15.1 Å². The third kappa shape index (κ3) is 4.05. The zero-order valence-electron chi connectivity index (χ0n) is 13.1. The number of hydrogen-bond donors (Lipinski definition) is 1. The molecule has 2 rings (SSSR count). The fourth-order valence-electron chi connectivity index (χ4n) is 2.38. The number of aryl methyl sites for hydroxylation is 1. The zero-order valence-corrected chi connectivity index (χ0v) is 13.1. The van der Waals surface area contributed by atoms with E-state index in [1.54, 1.807) is 0 Å². The lowest BCUT2D eigenvalue weighted by atomic mass is 10.3. The molecule has 6 nitrogen and oxygen atoms in total. The van der Waals surface area contributed by atoms with E-state index in [0.717, 1.165) is 56.7 Å². The molecule has 1 aromatic rings. The standard InChI is InChI=1S/C14H26N6/c1-12-16-13(15-2)11-14(17-12)20-9-7-19(8-10-20)6-5-18(3)4/h11H,5-10H2,1-4H3,(H,15,16,17).